The first-order chi connectivity index (χ1) is 6.58. The summed E-state index contributed by atoms with van der Waals surface area (Å²) in [5.41, 5.74) is 0.0883. The Hall–Kier alpha value is -0.870. The van der Waals surface area contributed by atoms with Crippen LogP contribution in [0.25, 0.3) is 0 Å². The number of carboxylic acids is 1. The normalized spacial score (nSPS) is 20.4. The van der Waals surface area contributed by atoms with Crippen LogP contribution in [0.3, 0.4) is 0 Å². The molecule has 0 aliphatic heterocycles. The third-order valence-corrected chi connectivity index (χ3v) is 3.96. The minimum absolute atomic E-state index is 0.584. The lowest BCUT2D eigenvalue weighted by Gasteiger charge is -2.17. The Morgan fingerprint density at radius 1 is 1.64 bits per heavy atom. The van der Waals surface area contributed by atoms with Crippen LogP contribution in [-0.4, -0.2) is 16.2 Å². The molecule has 3 nitrogen and oxygen atoms in total. The summed E-state index contributed by atoms with van der Waals surface area (Å²) < 4.78 is 0. The van der Waals surface area contributed by atoms with Crippen molar-refractivity contribution in [3.05, 3.63) is 21.9 Å². The van der Waals surface area contributed by atoms with E-state index < -0.39 is 17.5 Å². The number of aliphatic carboxylic acids is 1. The first-order valence-corrected chi connectivity index (χ1v) is 5.41. The molecule has 1 aliphatic carbocycles. The number of rotatable bonds is 3. The molecule has 1 aromatic rings. The molecular weight excluding hydrogens is 200 g/mol. The molecule has 2 rings (SSSR count). The Labute approximate surface area is 86.0 Å². The number of aliphatic hydroxyl groups excluding tert-OH is 1. The fourth-order valence-electron chi connectivity index (χ4n) is 1.65. The summed E-state index contributed by atoms with van der Waals surface area (Å²) in [4.78, 5) is 11.8. The second-order valence-corrected chi connectivity index (χ2v) is 4.78. The third kappa shape index (κ3) is 1.26. The molecule has 1 aromatic heterocycles. The van der Waals surface area contributed by atoms with Crippen molar-refractivity contribution in [2.24, 2.45) is 5.41 Å². The Kier molecular flexibility index (Phi) is 2.12. The molecule has 4 heteroatoms. The molecule has 1 atom stereocenters. The molecule has 1 aliphatic rings. The first-order valence-electron chi connectivity index (χ1n) is 4.53. The van der Waals surface area contributed by atoms with Crippen molar-refractivity contribution in [2.45, 2.75) is 25.9 Å². The second-order valence-electron chi connectivity index (χ2n) is 3.83. The molecule has 1 fully saturated rings. The molecule has 0 amide bonds. The topological polar surface area (TPSA) is 57.5 Å². The van der Waals surface area contributed by atoms with E-state index >= 15 is 0 Å². The predicted octanol–water partition coefficient (Wildman–Crippen LogP) is 1.95. The molecule has 1 unspecified atom stereocenters. The molecule has 0 saturated heterocycles. The highest BCUT2D eigenvalue weighted by atomic mass is 32.1. The van der Waals surface area contributed by atoms with Crippen LogP contribution in [0.4, 0.5) is 0 Å². The number of hydrogen-bond acceptors (Lipinski definition) is 3. The Balaban J connectivity index is 2.29. The molecule has 0 spiro atoms. The summed E-state index contributed by atoms with van der Waals surface area (Å²) in [5, 5.41) is 20.9. The van der Waals surface area contributed by atoms with Gasteiger partial charge in [0.05, 0.1) is 5.41 Å². The SMILES string of the molecule is Cc1ccsc1C(O)C1(C(=O)O)CC1. The van der Waals surface area contributed by atoms with E-state index in [1.54, 1.807) is 0 Å². The van der Waals surface area contributed by atoms with E-state index in [1.165, 1.54) is 11.3 Å². The highest BCUT2D eigenvalue weighted by Crippen LogP contribution is 2.56. The highest BCUT2D eigenvalue weighted by molar-refractivity contribution is 7.10. The maximum atomic E-state index is 11.0. The molecule has 2 N–H and O–H groups in total. The quantitative estimate of drug-likeness (QED) is 0.805. The van der Waals surface area contributed by atoms with Crippen molar-refractivity contribution in [2.75, 3.05) is 0 Å². The maximum absolute atomic E-state index is 11.0. The van der Waals surface area contributed by atoms with Gasteiger partial charge in [-0.15, -0.1) is 11.3 Å². The van der Waals surface area contributed by atoms with Crippen molar-refractivity contribution in [3.63, 3.8) is 0 Å². The number of aliphatic hydroxyl groups is 1. The fraction of sp³-hybridized carbons (Fsp3) is 0.500. The van der Waals surface area contributed by atoms with Crippen LogP contribution < -0.4 is 0 Å². The minimum atomic E-state index is -0.893. The second kappa shape index (κ2) is 3.07. The average molecular weight is 212 g/mol. The highest BCUT2D eigenvalue weighted by Gasteiger charge is 2.56. The lowest BCUT2D eigenvalue weighted by Crippen LogP contribution is -2.23. The number of carbonyl (C=O) groups is 1. The Morgan fingerprint density at radius 2 is 2.29 bits per heavy atom. The van der Waals surface area contributed by atoms with Crippen LogP contribution in [0.2, 0.25) is 0 Å². The lowest BCUT2D eigenvalue weighted by atomic mass is 9.96. The van der Waals surface area contributed by atoms with Gasteiger partial charge in [-0.25, -0.2) is 0 Å². The Bertz CT molecular complexity index is 365. The zero-order valence-electron chi connectivity index (χ0n) is 7.86. The van der Waals surface area contributed by atoms with Gasteiger partial charge in [0.15, 0.2) is 0 Å². The van der Waals surface area contributed by atoms with E-state index in [0.29, 0.717) is 12.8 Å². The molecule has 0 aromatic carbocycles. The van der Waals surface area contributed by atoms with Crippen molar-refractivity contribution in [1.29, 1.82) is 0 Å². The van der Waals surface area contributed by atoms with Crippen LogP contribution in [0.5, 0.6) is 0 Å². The lowest BCUT2D eigenvalue weighted by molar-refractivity contribution is -0.148. The summed E-state index contributed by atoms with van der Waals surface area (Å²) in [6.07, 6.45) is 0.335. The minimum Gasteiger partial charge on any atom is -0.481 e. The first kappa shape index (κ1) is 9.68. The molecule has 0 bridgehead atoms. The van der Waals surface area contributed by atoms with Gasteiger partial charge >= 0.3 is 5.97 Å². The van der Waals surface area contributed by atoms with E-state index in [0.717, 1.165) is 10.4 Å². The maximum Gasteiger partial charge on any atom is 0.312 e. The number of thiophene rings is 1. The molecule has 76 valence electrons. The van der Waals surface area contributed by atoms with E-state index in [2.05, 4.69) is 0 Å². The van der Waals surface area contributed by atoms with Crippen molar-refractivity contribution >= 4 is 17.3 Å². The van der Waals surface area contributed by atoms with Crippen molar-refractivity contribution in [3.8, 4) is 0 Å². The van der Waals surface area contributed by atoms with Gasteiger partial charge in [0.2, 0.25) is 0 Å². The molecule has 1 saturated carbocycles. The van der Waals surface area contributed by atoms with E-state index in [9.17, 15) is 9.90 Å². The standard InChI is InChI=1S/C10H12O3S/c1-6-2-5-14-7(6)8(11)10(3-4-10)9(12)13/h2,5,8,11H,3-4H2,1H3,(H,12,13). The van der Waals surface area contributed by atoms with Gasteiger partial charge in [-0.3, -0.25) is 4.79 Å². The number of aryl methyl sites for hydroxylation is 1. The third-order valence-electron chi connectivity index (χ3n) is 2.89. The van der Waals surface area contributed by atoms with Gasteiger partial charge in [-0.1, -0.05) is 0 Å². The number of carboxylic acid groups (broad SMARTS) is 1. The largest absolute Gasteiger partial charge is 0.481 e. The van der Waals surface area contributed by atoms with Gasteiger partial charge in [0.1, 0.15) is 6.10 Å². The zero-order chi connectivity index (χ0) is 10.3. The number of hydrogen-bond donors (Lipinski definition) is 2. The predicted molar refractivity (Wildman–Crippen MR) is 53.3 cm³/mol. The van der Waals surface area contributed by atoms with Gasteiger partial charge < -0.3 is 10.2 Å². The molecule has 0 radical (unpaired) electrons. The van der Waals surface area contributed by atoms with Crippen LogP contribution in [-0.2, 0) is 4.79 Å². The summed E-state index contributed by atoms with van der Waals surface area (Å²) >= 11 is 1.43. The van der Waals surface area contributed by atoms with Gasteiger partial charge in [0, 0.05) is 4.88 Å². The van der Waals surface area contributed by atoms with Crippen LogP contribution in [0, 0.1) is 12.3 Å². The van der Waals surface area contributed by atoms with Crippen LogP contribution >= 0.6 is 11.3 Å². The average Bonchev–Trinajstić information content (AvgIpc) is 2.84. The fourth-order valence-corrected chi connectivity index (χ4v) is 2.68. The molecular formula is C10H12O3S. The summed E-state index contributed by atoms with van der Waals surface area (Å²) in [5.74, 6) is -0.877. The molecule has 1 heterocycles. The van der Waals surface area contributed by atoms with Crippen molar-refractivity contribution < 1.29 is 15.0 Å². The monoisotopic (exact) mass is 212 g/mol. The summed E-state index contributed by atoms with van der Waals surface area (Å²) in [6.45, 7) is 1.90. The molecule has 14 heavy (non-hydrogen) atoms. The van der Waals surface area contributed by atoms with Crippen LogP contribution in [0.1, 0.15) is 29.4 Å². The summed E-state index contributed by atoms with van der Waals surface area (Å²) in [7, 11) is 0. The summed E-state index contributed by atoms with van der Waals surface area (Å²) in [6, 6.07) is 1.90. The van der Waals surface area contributed by atoms with Gasteiger partial charge in [-0.2, -0.15) is 0 Å². The van der Waals surface area contributed by atoms with E-state index in [4.69, 9.17) is 5.11 Å². The zero-order valence-corrected chi connectivity index (χ0v) is 8.67. The van der Waals surface area contributed by atoms with E-state index in [-0.39, 0.29) is 0 Å². The smallest absolute Gasteiger partial charge is 0.312 e. The van der Waals surface area contributed by atoms with Gasteiger partial charge in [-0.05, 0) is 36.8 Å². The Morgan fingerprint density at radius 3 is 2.64 bits per heavy atom. The van der Waals surface area contributed by atoms with Crippen molar-refractivity contribution in [1.82, 2.24) is 0 Å². The van der Waals surface area contributed by atoms with Gasteiger partial charge in [0.25, 0.3) is 0 Å². The van der Waals surface area contributed by atoms with Crippen LogP contribution in [0.15, 0.2) is 11.4 Å². The van der Waals surface area contributed by atoms with E-state index in [1.807, 2.05) is 18.4 Å².